The molecule has 1 aliphatic heterocycles. The van der Waals surface area contributed by atoms with Crippen LogP contribution >= 0.6 is 15.9 Å². The summed E-state index contributed by atoms with van der Waals surface area (Å²) in [7, 11) is 0. The maximum Gasteiger partial charge on any atom is 0.228 e. The van der Waals surface area contributed by atoms with Gasteiger partial charge in [0.1, 0.15) is 5.82 Å². The van der Waals surface area contributed by atoms with Crippen LogP contribution in [0.5, 0.6) is 0 Å². The molecule has 1 amide bonds. The SMILES string of the molecule is O=C(Cc1cc(Br)ccc1F)Nc1ccc(N2CCCCC2)cc1. The molecule has 3 rings (SSSR count). The molecule has 1 saturated heterocycles. The molecule has 5 heteroatoms. The first-order valence-corrected chi connectivity index (χ1v) is 9.00. The van der Waals surface area contributed by atoms with Crippen LogP contribution in [0.4, 0.5) is 15.8 Å². The summed E-state index contributed by atoms with van der Waals surface area (Å²) in [5.74, 6) is -0.591. The topological polar surface area (TPSA) is 32.3 Å². The van der Waals surface area contributed by atoms with Gasteiger partial charge in [0, 0.05) is 28.9 Å². The number of anilines is 2. The van der Waals surface area contributed by atoms with Gasteiger partial charge in [-0.05, 0) is 67.3 Å². The maximum atomic E-state index is 13.7. The van der Waals surface area contributed by atoms with Crippen LogP contribution in [0, 0.1) is 5.82 Å². The second-order valence-electron chi connectivity index (χ2n) is 6.06. The van der Waals surface area contributed by atoms with Gasteiger partial charge < -0.3 is 10.2 Å². The average Bonchev–Trinajstić information content (AvgIpc) is 2.59. The molecule has 3 nitrogen and oxygen atoms in total. The molecule has 0 radical (unpaired) electrons. The molecule has 2 aromatic carbocycles. The molecule has 0 atom stereocenters. The Bertz CT molecular complexity index is 712. The monoisotopic (exact) mass is 390 g/mol. The van der Waals surface area contributed by atoms with Crippen molar-refractivity contribution in [3.8, 4) is 0 Å². The summed E-state index contributed by atoms with van der Waals surface area (Å²) >= 11 is 3.30. The van der Waals surface area contributed by atoms with Crippen molar-refractivity contribution in [2.45, 2.75) is 25.7 Å². The summed E-state index contributed by atoms with van der Waals surface area (Å²) in [5, 5.41) is 2.83. The minimum absolute atomic E-state index is 0.0130. The minimum atomic E-state index is -0.367. The van der Waals surface area contributed by atoms with E-state index in [0.717, 1.165) is 23.2 Å². The van der Waals surface area contributed by atoms with Gasteiger partial charge in [-0.15, -0.1) is 0 Å². The predicted molar refractivity (Wildman–Crippen MR) is 98.9 cm³/mol. The van der Waals surface area contributed by atoms with E-state index in [4.69, 9.17) is 0 Å². The van der Waals surface area contributed by atoms with E-state index in [1.54, 1.807) is 12.1 Å². The first-order chi connectivity index (χ1) is 11.6. The average molecular weight is 391 g/mol. The first kappa shape index (κ1) is 17.0. The van der Waals surface area contributed by atoms with Gasteiger partial charge in [0.2, 0.25) is 5.91 Å². The molecule has 126 valence electrons. The molecule has 0 saturated carbocycles. The van der Waals surface area contributed by atoms with Crippen molar-refractivity contribution in [1.82, 2.24) is 0 Å². The van der Waals surface area contributed by atoms with Gasteiger partial charge in [-0.3, -0.25) is 4.79 Å². The predicted octanol–water partition coefficient (Wildman–Crippen LogP) is 4.76. The van der Waals surface area contributed by atoms with Crippen molar-refractivity contribution in [1.29, 1.82) is 0 Å². The Morgan fingerprint density at radius 1 is 1.08 bits per heavy atom. The fourth-order valence-electron chi connectivity index (χ4n) is 2.96. The molecule has 1 aliphatic rings. The molecule has 0 aromatic heterocycles. The van der Waals surface area contributed by atoms with Crippen molar-refractivity contribution in [2.24, 2.45) is 0 Å². The standard InChI is InChI=1S/C19H20BrFN2O/c20-15-4-9-18(21)14(12-15)13-19(24)22-16-5-7-17(8-6-16)23-10-2-1-3-11-23/h4-9,12H,1-3,10-11,13H2,(H,22,24). The van der Waals surface area contributed by atoms with E-state index in [1.807, 2.05) is 24.3 Å². The normalized spacial score (nSPS) is 14.5. The van der Waals surface area contributed by atoms with E-state index < -0.39 is 0 Å². The molecule has 1 fully saturated rings. The van der Waals surface area contributed by atoms with Crippen LogP contribution in [-0.2, 0) is 11.2 Å². The van der Waals surface area contributed by atoms with Crippen LogP contribution in [0.1, 0.15) is 24.8 Å². The maximum absolute atomic E-state index is 13.7. The lowest BCUT2D eigenvalue weighted by Gasteiger charge is -2.28. The van der Waals surface area contributed by atoms with Gasteiger partial charge in [0.15, 0.2) is 0 Å². The number of nitrogens with zero attached hydrogens (tertiary/aromatic N) is 1. The lowest BCUT2D eigenvalue weighted by molar-refractivity contribution is -0.115. The van der Waals surface area contributed by atoms with Crippen LogP contribution < -0.4 is 10.2 Å². The minimum Gasteiger partial charge on any atom is -0.372 e. The van der Waals surface area contributed by atoms with Crippen molar-refractivity contribution < 1.29 is 9.18 Å². The van der Waals surface area contributed by atoms with Gasteiger partial charge in [-0.25, -0.2) is 4.39 Å². The van der Waals surface area contributed by atoms with Gasteiger partial charge in [0.25, 0.3) is 0 Å². The van der Waals surface area contributed by atoms with Crippen molar-refractivity contribution in [2.75, 3.05) is 23.3 Å². The fourth-order valence-corrected chi connectivity index (χ4v) is 3.37. The molecule has 0 unspecified atom stereocenters. The highest BCUT2D eigenvalue weighted by Gasteiger charge is 2.12. The van der Waals surface area contributed by atoms with Crippen molar-refractivity contribution in [3.63, 3.8) is 0 Å². The van der Waals surface area contributed by atoms with Crippen LogP contribution in [-0.4, -0.2) is 19.0 Å². The lowest BCUT2D eigenvalue weighted by Crippen LogP contribution is -2.29. The first-order valence-electron chi connectivity index (χ1n) is 8.20. The summed E-state index contributed by atoms with van der Waals surface area (Å²) in [6, 6.07) is 12.5. The number of benzene rings is 2. The zero-order valence-electron chi connectivity index (χ0n) is 13.4. The molecule has 2 aromatic rings. The number of halogens is 2. The van der Waals surface area contributed by atoms with Crippen LogP contribution in [0.25, 0.3) is 0 Å². The summed E-state index contributed by atoms with van der Waals surface area (Å²) in [6.07, 6.45) is 3.78. The fraction of sp³-hybridized carbons (Fsp3) is 0.316. The number of piperidine rings is 1. The highest BCUT2D eigenvalue weighted by Crippen LogP contribution is 2.22. The lowest BCUT2D eigenvalue weighted by atomic mass is 10.1. The van der Waals surface area contributed by atoms with Crippen LogP contribution in [0.15, 0.2) is 46.9 Å². The Kier molecular flexibility index (Phi) is 5.51. The Hall–Kier alpha value is -1.88. The Balaban J connectivity index is 1.61. The Labute approximate surface area is 150 Å². The van der Waals surface area contributed by atoms with E-state index in [1.165, 1.54) is 31.0 Å². The quantitative estimate of drug-likeness (QED) is 0.815. The molecule has 24 heavy (non-hydrogen) atoms. The smallest absolute Gasteiger partial charge is 0.228 e. The zero-order chi connectivity index (χ0) is 16.9. The van der Waals surface area contributed by atoms with Crippen LogP contribution in [0.3, 0.4) is 0 Å². The van der Waals surface area contributed by atoms with Gasteiger partial charge in [0.05, 0.1) is 6.42 Å². The number of hydrogen-bond donors (Lipinski definition) is 1. The molecule has 1 heterocycles. The Morgan fingerprint density at radius 3 is 2.50 bits per heavy atom. The summed E-state index contributed by atoms with van der Waals surface area (Å²) in [4.78, 5) is 14.5. The number of carbonyl (C=O) groups excluding carboxylic acids is 1. The Morgan fingerprint density at radius 2 is 1.79 bits per heavy atom. The van der Waals surface area contributed by atoms with Gasteiger partial charge >= 0.3 is 0 Å². The van der Waals surface area contributed by atoms with E-state index in [2.05, 4.69) is 26.1 Å². The third-order valence-electron chi connectivity index (χ3n) is 4.23. The highest BCUT2D eigenvalue weighted by atomic mass is 79.9. The molecule has 1 N–H and O–H groups in total. The summed E-state index contributed by atoms with van der Waals surface area (Å²) < 4.78 is 14.5. The summed E-state index contributed by atoms with van der Waals surface area (Å²) in [5.41, 5.74) is 2.30. The number of nitrogens with one attached hydrogen (secondary N) is 1. The molecular weight excluding hydrogens is 371 g/mol. The molecule has 0 spiro atoms. The second-order valence-corrected chi connectivity index (χ2v) is 6.97. The number of carbonyl (C=O) groups is 1. The van der Waals surface area contributed by atoms with Gasteiger partial charge in [-0.1, -0.05) is 15.9 Å². The number of amides is 1. The van der Waals surface area contributed by atoms with E-state index >= 15 is 0 Å². The van der Waals surface area contributed by atoms with Crippen molar-refractivity contribution >= 4 is 33.2 Å². The second kappa shape index (κ2) is 7.79. The third-order valence-corrected chi connectivity index (χ3v) is 4.72. The molecule has 0 aliphatic carbocycles. The number of rotatable bonds is 4. The third kappa shape index (κ3) is 4.35. The summed E-state index contributed by atoms with van der Waals surface area (Å²) in [6.45, 7) is 2.18. The van der Waals surface area contributed by atoms with E-state index in [0.29, 0.717) is 5.56 Å². The van der Waals surface area contributed by atoms with E-state index in [9.17, 15) is 9.18 Å². The molecule has 0 bridgehead atoms. The highest BCUT2D eigenvalue weighted by molar-refractivity contribution is 9.10. The van der Waals surface area contributed by atoms with E-state index in [-0.39, 0.29) is 18.1 Å². The largest absolute Gasteiger partial charge is 0.372 e. The van der Waals surface area contributed by atoms with Gasteiger partial charge in [-0.2, -0.15) is 0 Å². The zero-order valence-corrected chi connectivity index (χ0v) is 15.0. The molecular formula is C19H20BrFN2O. The van der Waals surface area contributed by atoms with Crippen molar-refractivity contribution in [3.05, 3.63) is 58.3 Å². The number of hydrogen-bond acceptors (Lipinski definition) is 2. The van der Waals surface area contributed by atoms with Crippen LogP contribution in [0.2, 0.25) is 0 Å².